The van der Waals surface area contributed by atoms with E-state index in [4.69, 9.17) is 4.42 Å². The SMILES string of the molecule is CC1(C)c2cc(N(c3ccc(-c4ccccc4)cc3)c3ccc(-c4ccccc4)cc3)ccc2-c2ccc(-n3c4ccccc4c4cc(-c5ccc(-c6ccc7oc8ccccc8c7c6)cc5)ccc43)cc21. The number of anilines is 3. The number of nitrogens with zero attached hydrogens (tertiary/aromatic N) is 2. The molecule has 0 saturated heterocycles. The molecule has 0 N–H and O–H groups in total. The first kappa shape index (κ1) is 41.8. The summed E-state index contributed by atoms with van der Waals surface area (Å²) >= 11 is 0. The van der Waals surface area contributed by atoms with Crippen LogP contribution >= 0.6 is 0 Å². The molecule has 3 heteroatoms. The monoisotopic (exact) mass is 920 g/mol. The summed E-state index contributed by atoms with van der Waals surface area (Å²) in [5.41, 5.74) is 23.3. The van der Waals surface area contributed by atoms with Crippen molar-refractivity contribution in [2.45, 2.75) is 19.3 Å². The number of aromatic nitrogens is 1. The molecule has 11 aromatic carbocycles. The van der Waals surface area contributed by atoms with Crippen LogP contribution in [0.1, 0.15) is 25.0 Å². The molecule has 2 heterocycles. The fourth-order valence-corrected chi connectivity index (χ4v) is 11.5. The average Bonchev–Trinajstić information content (AvgIpc) is 4.06. The molecule has 0 bridgehead atoms. The Kier molecular flexibility index (Phi) is 9.56. The Morgan fingerprint density at radius 2 is 0.764 bits per heavy atom. The number of hydrogen-bond donors (Lipinski definition) is 0. The predicted octanol–water partition coefficient (Wildman–Crippen LogP) is 19.1. The van der Waals surface area contributed by atoms with Crippen LogP contribution in [0.25, 0.3) is 105 Å². The Morgan fingerprint density at radius 1 is 0.319 bits per heavy atom. The van der Waals surface area contributed by atoms with Crippen LogP contribution in [0.4, 0.5) is 17.1 Å². The highest BCUT2D eigenvalue weighted by atomic mass is 16.3. The minimum atomic E-state index is -0.257. The molecule has 340 valence electrons. The Hall–Kier alpha value is -9.18. The van der Waals surface area contributed by atoms with Gasteiger partial charge < -0.3 is 13.9 Å². The van der Waals surface area contributed by atoms with Crippen LogP contribution in [0.5, 0.6) is 0 Å². The number of hydrogen-bond acceptors (Lipinski definition) is 2. The van der Waals surface area contributed by atoms with Crippen LogP contribution in [0.3, 0.4) is 0 Å². The normalized spacial score (nSPS) is 12.7. The summed E-state index contributed by atoms with van der Waals surface area (Å²) < 4.78 is 8.57. The second kappa shape index (κ2) is 16.5. The molecular formula is C69H48N2O. The standard InChI is InChI=1S/C69H48N2O/c1-69(2)63-43-55(70(53-31-25-47(26-32-53)45-13-5-3-6-14-45)54-33-27-48(28-34-54)46-15-7-4-8-16-46)35-37-57(63)58-38-36-56(44-64(58)69)71-65-19-11-9-17-59(65)61-41-51(29-39-66(61)71)49-21-23-50(24-22-49)52-30-40-68-62(42-52)60-18-10-12-20-67(60)72-68/h3-44H,1-2H3. The molecule has 0 aliphatic heterocycles. The molecule has 1 aliphatic carbocycles. The molecule has 3 nitrogen and oxygen atoms in total. The fourth-order valence-electron chi connectivity index (χ4n) is 11.5. The van der Waals surface area contributed by atoms with Crippen molar-refractivity contribution in [3.05, 3.63) is 266 Å². The lowest BCUT2D eigenvalue weighted by atomic mass is 9.82. The van der Waals surface area contributed by atoms with E-state index in [1.165, 1.54) is 94.3 Å². The average molecular weight is 921 g/mol. The van der Waals surface area contributed by atoms with E-state index in [1.54, 1.807) is 0 Å². The van der Waals surface area contributed by atoms with Crippen LogP contribution in [-0.4, -0.2) is 4.57 Å². The van der Waals surface area contributed by atoms with E-state index in [0.29, 0.717) is 0 Å². The third-order valence-corrected chi connectivity index (χ3v) is 15.2. The number of fused-ring (bicyclic) bond motifs is 9. The van der Waals surface area contributed by atoms with Crippen molar-refractivity contribution in [3.8, 4) is 61.3 Å². The van der Waals surface area contributed by atoms with Crippen molar-refractivity contribution in [2.75, 3.05) is 4.90 Å². The molecule has 13 aromatic rings. The third kappa shape index (κ3) is 6.81. The molecule has 0 radical (unpaired) electrons. The van der Waals surface area contributed by atoms with Gasteiger partial charge >= 0.3 is 0 Å². The van der Waals surface area contributed by atoms with Gasteiger partial charge in [0.1, 0.15) is 11.2 Å². The van der Waals surface area contributed by atoms with Crippen molar-refractivity contribution in [1.82, 2.24) is 4.57 Å². The van der Waals surface area contributed by atoms with Crippen molar-refractivity contribution < 1.29 is 4.42 Å². The van der Waals surface area contributed by atoms with E-state index in [-0.39, 0.29) is 5.41 Å². The summed E-state index contributed by atoms with van der Waals surface area (Å²) in [7, 11) is 0. The molecule has 0 saturated carbocycles. The van der Waals surface area contributed by atoms with Crippen LogP contribution in [0.2, 0.25) is 0 Å². The summed E-state index contributed by atoms with van der Waals surface area (Å²) in [6.07, 6.45) is 0. The van der Waals surface area contributed by atoms with Gasteiger partial charge in [0.25, 0.3) is 0 Å². The van der Waals surface area contributed by atoms with E-state index < -0.39 is 0 Å². The molecule has 0 amide bonds. The van der Waals surface area contributed by atoms with Crippen LogP contribution in [-0.2, 0) is 5.41 Å². The zero-order chi connectivity index (χ0) is 47.9. The first-order chi connectivity index (χ1) is 35.4. The Morgan fingerprint density at radius 3 is 1.42 bits per heavy atom. The molecule has 72 heavy (non-hydrogen) atoms. The van der Waals surface area contributed by atoms with Gasteiger partial charge in [0, 0.05) is 49.7 Å². The van der Waals surface area contributed by atoms with Crippen molar-refractivity contribution in [1.29, 1.82) is 0 Å². The number of furan rings is 1. The van der Waals surface area contributed by atoms with E-state index in [9.17, 15) is 0 Å². The summed E-state index contributed by atoms with van der Waals surface area (Å²) in [6.45, 7) is 4.78. The lowest BCUT2D eigenvalue weighted by molar-refractivity contribution is 0.660. The highest BCUT2D eigenvalue weighted by molar-refractivity contribution is 6.11. The minimum Gasteiger partial charge on any atom is -0.456 e. The van der Waals surface area contributed by atoms with Crippen molar-refractivity contribution in [3.63, 3.8) is 0 Å². The van der Waals surface area contributed by atoms with Gasteiger partial charge in [-0.25, -0.2) is 0 Å². The summed E-state index contributed by atoms with van der Waals surface area (Å²) in [4.78, 5) is 2.40. The van der Waals surface area contributed by atoms with Gasteiger partial charge in [-0.1, -0.05) is 184 Å². The van der Waals surface area contributed by atoms with E-state index in [2.05, 4.69) is 266 Å². The van der Waals surface area contributed by atoms with E-state index in [1.807, 2.05) is 12.1 Å². The predicted molar refractivity (Wildman–Crippen MR) is 302 cm³/mol. The highest BCUT2D eigenvalue weighted by Crippen LogP contribution is 2.52. The lowest BCUT2D eigenvalue weighted by Crippen LogP contribution is -2.17. The van der Waals surface area contributed by atoms with Crippen LogP contribution < -0.4 is 4.90 Å². The smallest absolute Gasteiger partial charge is 0.135 e. The summed E-state index contributed by atoms with van der Waals surface area (Å²) in [5.74, 6) is 0. The maximum absolute atomic E-state index is 6.12. The number of para-hydroxylation sites is 2. The number of rotatable bonds is 8. The Balaban J connectivity index is 0.810. The maximum Gasteiger partial charge on any atom is 0.135 e. The molecule has 0 fully saturated rings. The van der Waals surface area contributed by atoms with Crippen molar-refractivity contribution in [2.24, 2.45) is 0 Å². The molecule has 14 rings (SSSR count). The van der Waals surface area contributed by atoms with Gasteiger partial charge in [-0.3, -0.25) is 0 Å². The minimum absolute atomic E-state index is 0.257. The fraction of sp³-hybridized carbons (Fsp3) is 0.0435. The van der Waals surface area contributed by atoms with Gasteiger partial charge in [0.05, 0.1) is 11.0 Å². The molecule has 2 aromatic heterocycles. The Labute approximate surface area is 419 Å². The van der Waals surface area contributed by atoms with Gasteiger partial charge in [0.15, 0.2) is 0 Å². The lowest BCUT2D eigenvalue weighted by Gasteiger charge is -2.28. The van der Waals surface area contributed by atoms with Gasteiger partial charge in [-0.05, 0) is 152 Å². The largest absolute Gasteiger partial charge is 0.456 e. The zero-order valence-corrected chi connectivity index (χ0v) is 40.1. The van der Waals surface area contributed by atoms with E-state index in [0.717, 1.165) is 39.0 Å². The first-order valence-corrected chi connectivity index (χ1v) is 24.9. The molecule has 0 atom stereocenters. The summed E-state index contributed by atoms with van der Waals surface area (Å²) in [6, 6.07) is 92.9. The second-order valence-electron chi connectivity index (χ2n) is 19.7. The molecule has 1 aliphatic rings. The van der Waals surface area contributed by atoms with Gasteiger partial charge in [-0.15, -0.1) is 0 Å². The topological polar surface area (TPSA) is 21.3 Å². The van der Waals surface area contributed by atoms with E-state index >= 15 is 0 Å². The third-order valence-electron chi connectivity index (χ3n) is 15.2. The maximum atomic E-state index is 6.12. The molecule has 0 unspecified atom stereocenters. The zero-order valence-electron chi connectivity index (χ0n) is 40.1. The quantitative estimate of drug-likeness (QED) is 0.151. The highest BCUT2D eigenvalue weighted by Gasteiger charge is 2.36. The second-order valence-corrected chi connectivity index (χ2v) is 19.7. The molecule has 0 spiro atoms. The Bertz CT molecular complexity index is 4120. The first-order valence-electron chi connectivity index (χ1n) is 24.9. The molecular weight excluding hydrogens is 873 g/mol. The number of benzene rings is 11. The van der Waals surface area contributed by atoms with Crippen LogP contribution in [0.15, 0.2) is 259 Å². The van der Waals surface area contributed by atoms with Gasteiger partial charge in [-0.2, -0.15) is 0 Å². The summed E-state index contributed by atoms with van der Waals surface area (Å²) in [5, 5.41) is 4.77. The van der Waals surface area contributed by atoms with Crippen molar-refractivity contribution >= 4 is 60.8 Å². The van der Waals surface area contributed by atoms with Gasteiger partial charge in [0.2, 0.25) is 0 Å². The van der Waals surface area contributed by atoms with Crippen LogP contribution in [0, 0.1) is 0 Å².